The van der Waals surface area contributed by atoms with Gasteiger partial charge in [0.2, 0.25) is 0 Å². The highest BCUT2D eigenvalue weighted by molar-refractivity contribution is 6.31. The van der Waals surface area contributed by atoms with E-state index in [-0.39, 0.29) is 16.5 Å². The lowest BCUT2D eigenvalue weighted by atomic mass is 9.99. The zero-order valence-corrected chi connectivity index (χ0v) is 14.1. The van der Waals surface area contributed by atoms with Gasteiger partial charge in [-0.3, -0.25) is 4.79 Å². The Morgan fingerprint density at radius 3 is 2.79 bits per heavy atom. The molecule has 1 aliphatic heterocycles. The van der Waals surface area contributed by atoms with Crippen LogP contribution in [-0.4, -0.2) is 37.0 Å². The summed E-state index contributed by atoms with van der Waals surface area (Å²) in [5, 5.41) is 3.06. The van der Waals surface area contributed by atoms with Gasteiger partial charge in [0, 0.05) is 30.2 Å². The molecule has 1 atom stereocenters. The van der Waals surface area contributed by atoms with E-state index in [1.54, 1.807) is 0 Å². The number of halogens is 2. The Kier molecular flexibility index (Phi) is 5.48. The molecule has 0 unspecified atom stereocenters. The smallest absolute Gasteiger partial charge is 0.251 e. The van der Waals surface area contributed by atoms with Gasteiger partial charge in [-0.05, 0) is 42.6 Å². The van der Waals surface area contributed by atoms with Crippen molar-refractivity contribution in [3.63, 3.8) is 0 Å². The first-order valence-corrected chi connectivity index (χ1v) is 8.51. The molecule has 0 bridgehead atoms. The van der Waals surface area contributed by atoms with Crippen molar-refractivity contribution < 1.29 is 9.18 Å². The van der Waals surface area contributed by atoms with E-state index in [9.17, 15) is 9.18 Å². The van der Waals surface area contributed by atoms with Gasteiger partial charge in [-0.25, -0.2) is 4.39 Å². The van der Waals surface area contributed by atoms with Crippen LogP contribution in [0.5, 0.6) is 0 Å². The number of amides is 1. The van der Waals surface area contributed by atoms with Gasteiger partial charge in [0.25, 0.3) is 5.91 Å². The number of likely N-dealkylation sites (tertiary alicyclic amines) is 1. The van der Waals surface area contributed by atoms with Crippen molar-refractivity contribution in [3.05, 3.63) is 70.5 Å². The Bertz CT molecular complexity index is 688. The van der Waals surface area contributed by atoms with Gasteiger partial charge in [0.1, 0.15) is 5.82 Å². The molecule has 1 amide bonds. The first-order valence-electron chi connectivity index (χ1n) is 8.13. The summed E-state index contributed by atoms with van der Waals surface area (Å²) in [6.07, 6.45) is 1.14. The summed E-state index contributed by atoms with van der Waals surface area (Å²) >= 11 is 5.78. The minimum Gasteiger partial charge on any atom is -0.351 e. The first-order chi connectivity index (χ1) is 11.6. The highest BCUT2D eigenvalue weighted by atomic mass is 35.5. The Morgan fingerprint density at radius 1 is 1.25 bits per heavy atom. The molecule has 0 saturated carbocycles. The van der Waals surface area contributed by atoms with Crippen molar-refractivity contribution in [2.75, 3.05) is 26.2 Å². The largest absolute Gasteiger partial charge is 0.351 e. The lowest BCUT2D eigenvalue weighted by molar-refractivity contribution is 0.0949. The number of carbonyl (C=O) groups excluding carboxylic acids is 1. The zero-order chi connectivity index (χ0) is 16.9. The van der Waals surface area contributed by atoms with Gasteiger partial charge < -0.3 is 10.2 Å². The highest BCUT2D eigenvalue weighted by Crippen LogP contribution is 2.26. The Balaban J connectivity index is 1.46. The second-order valence-electron chi connectivity index (χ2n) is 6.11. The summed E-state index contributed by atoms with van der Waals surface area (Å²) in [6.45, 7) is 3.36. The van der Waals surface area contributed by atoms with Gasteiger partial charge in [0.15, 0.2) is 0 Å². The first kappa shape index (κ1) is 16.9. The molecule has 24 heavy (non-hydrogen) atoms. The standard InChI is InChI=1S/C19H20ClFN2O/c20-17-10-16(11-18(21)12-17)19(24)22-7-9-23-8-6-15(13-23)14-4-2-1-3-5-14/h1-5,10-12,15H,6-9,13H2,(H,22,24)/t15-/m1/s1. The normalized spacial score (nSPS) is 17.8. The number of hydrogen-bond donors (Lipinski definition) is 1. The van der Waals surface area contributed by atoms with Gasteiger partial charge in [0.05, 0.1) is 0 Å². The van der Waals surface area contributed by atoms with Crippen LogP contribution in [0.2, 0.25) is 5.02 Å². The third-order valence-electron chi connectivity index (χ3n) is 4.38. The van der Waals surface area contributed by atoms with Crippen molar-refractivity contribution >= 4 is 17.5 Å². The molecule has 126 valence electrons. The highest BCUT2D eigenvalue weighted by Gasteiger charge is 2.23. The SMILES string of the molecule is O=C(NCCN1CC[C@@H](c2ccccc2)C1)c1cc(F)cc(Cl)c1. The molecule has 0 aliphatic carbocycles. The molecule has 5 heteroatoms. The lowest BCUT2D eigenvalue weighted by Crippen LogP contribution is -2.33. The molecule has 0 radical (unpaired) electrons. The molecule has 2 aromatic rings. The van der Waals surface area contributed by atoms with E-state index in [1.807, 2.05) is 6.07 Å². The second kappa shape index (κ2) is 7.77. The average Bonchev–Trinajstić information content (AvgIpc) is 3.03. The number of nitrogens with one attached hydrogen (secondary N) is 1. The van der Waals surface area contributed by atoms with Crippen molar-refractivity contribution in [2.24, 2.45) is 0 Å². The zero-order valence-electron chi connectivity index (χ0n) is 13.3. The summed E-state index contributed by atoms with van der Waals surface area (Å²) in [4.78, 5) is 14.4. The molecule has 1 fully saturated rings. The second-order valence-corrected chi connectivity index (χ2v) is 6.55. The number of nitrogens with zero attached hydrogens (tertiary/aromatic N) is 1. The Morgan fingerprint density at radius 2 is 2.04 bits per heavy atom. The van der Waals surface area contributed by atoms with Crippen LogP contribution in [-0.2, 0) is 0 Å². The predicted octanol–water partition coefficient (Wildman–Crippen LogP) is 3.70. The lowest BCUT2D eigenvalue weighted by Gasteiger charge is -2.16. The Hall–Kier alpha value is -1.91. The van der Waals surface area contributed by atoms with Crippen LogP contribution in [0.25, 0.3) is 0 Å². The predicted molar refractivity (Wildman–Crippen MR) is 94.0 cm³/mol. The van der Waals surface area contributed by atoms with Crippen LogP contribution in [0.15, 0.2) is 48.5 Å². The van der Waals surface area contributed by atoms with Crippen LogP contribution in [0.4, 0.5) is 4.39 Å². The van der Waals surface area contributed by atoms with Crippen LogP contribution < -0.4 is 5.32 Å². The van der Waals surface area contributed by atoms with Gasteiger partial charge in [-0.2, -0.15) is 0 Å². The number of carbonyl (C=O) groups is 1. The third kappa shape index (κ3) is 4.34. The minimum absolute atomic E-state index is 0.227. The van der Waals surface area contributed by atoms with Crippen molar-refractivity contribution in [2.45, 2.75) is 12.3 Å². The van der Waals surface area contributed by atoms with Crippen molar-refractivity contribution in [1.29, 1.82) is 0 Å². The number of benzene rings is 2. The van der Waals surface area contributed by atoms with Crippen LogP contribution in [0.1, 0.15) is 28.3 Å². The number of rotatable bonds is 5. The van der Waals surface area contributed by atoms with Crippen molar-refractivity contribution in [3.8, 4) is 0 Å². The molecule has 1 N–H and O–H groups in total. The number of hydrogen-bond acceptors (Lipinski definition) is 2. The maximum atomic E-state index is 13.3. The van der Waals surface area contributed by atoms with E-state index in [0.29, 0.717) is 12.5 Å². The molecule has 0 aromatic heterocycles. The maximum Gasteiger partial charge on any atom is 0.251 e. The Labute approximate surface area is 146 Å². The fourth-order valence-corrected chi connectivity index (χ4v) is 3.37. The molecule has 1 heterocycles. The minimum atomic E-state index is -0.502. The molecule has 3 nitrogen and oxygen atoms in total. The van der Waals surface area contributed by atoms with Crippen LogP contribution in [0.3, 0.4) is 0 Å². The van der Waals surface area contributed by atoms with E-state index in [0.717, 1.165) is 26.1 Å². The maximum absolute atomic E-state index is 13.3. The molecule has 2 aromatic carbocycles. The quantitative estimate of drug-likeness (QED) is 0.895. The summed E-state index contributed by atoms with van der Waals surface area (Å²) < 4.78 is 13.3. The van der Waals surface area contributed by atoms with E-state index in [1.165, 1.54) is 23.8 Å². The summed E-state index contributed by atoms with van der Waals surface area (Å²) in [5.41, 5.74) is 1.63. The van der Waals surface area contributed by atoms with Crippen LogP contribution in [0, 0.1) is 5.82 Å². The van der Waals surface area contributed by atoms with Crippen molar-refractivity contribution in [1.82, 2.24) is 10.2 Å². The topological polar surface area (TPSA) is 32.3 Å². The molecule has 1 aliphatic rings. The molecule has 1 saturated heterocycles. The van der Waals surface area contributed by atoms with Crippen LogP contribution >= 0.6 is 11.6 Å². The summed E-state index contributed by atoms with van der Waals surface area (Å²) in [7, 11) is 0. The monoisotopic (exact) mass is 346 g/mol. The molecule has 0 spiro atoms. The fourth-order valence-electron chi connectivity index (χ4n) is 3.15. The molecular weight excluding hydrogens is 327 g/mol. The van der Waals surface area contributed by atoms with Gasteiger partial charge in [-0.1, -0.05) is 41.9 Å². The van der Waals surface area contributed by atoms with E-state index >= 15 is 0 Å². The van der Waals surface area contributed by atoms with Gasteiger partial charge in [-0.15, -0.1) is 0 Å². The van der Waals surface area contributed by atoms with E-state index in [2.05, 4.69) is 34.5 Å². The van der Waals surface area contributed by atoms with Gasteiger partial charge >= 0.3 is 0 Å². The molecule has 3 rings (SSSR count). The molecular formula is C19H20ClFN2O. The summed E-state index contributed by atoms with van der Waals surface area (Å²) in [6, 6.07) is 14.4. The van der Waals surface area contributed by atoms with E-state index in [4.69, 9.17) is 11.6 Å². The fraction of sp³-hybridized carbons (Fsp3) is 0.316. The average molecular weight is 347 g/mol. The third-order valence-corrected chi connectivity index (χ3v) is 4.60. The summed E-state index contributed by atoms with van der Waals surface area (Å²) in [5.74, 6) is -0.239. The van der Waals surface area contributed by atoms with E-state index < -0.39 is 5.82 Å².